The number of ether oxygens (including phenoxy) is 1. The second kappa shape index (κ2) is 6.72. The average Bonchev–Trinajstić information content (AvgIpc) is 2.86. The molecule has 1 heterocycles. The van der Waals surface area contributed by atoms with E-state index in [1.54, 1.807) is 18.3 Å². The zero-order valence-electron chi connectivity index (χ0n) is 12.8. The SMILES string of the molecule is Cc1nc(CNC(=O)[C@H](C)Oc2ccc(C)c(C)c2)cs1. The molecule has 0 aliphatic heterocycles. The van der Waals surface area contributed by atoms with Gasteiger partial charge in [0.1, 0.15) is 5.75 Å². The molecule has 0 unspecified atom stereocenters. The molecule has 1 aromatic carbocycles. The topological polar surface area (TPSA) is 51.2 Å². The van der Waals surface area contributed by atoms with Crippen molar-refractivity contribution in [1.29, 1.82) is 0 Å². The number of nitrogens with one attached hydrogen (secondary N) is 1. The van der Waals surface area contributed by atoms with Gasteiger partial charge in [-0.3, -0.25) is 4.79 Å². The number of carbonyl (C=O) groups excluding carboxylic acids is 1. The number of benzene rings is 1. The molecular weight excluding hydrogens is 284 g/mol. The van der Waals surface area contributed by atoms with Crippen LogP contribution >= 0.6 is 11.3 Å². The molecule has 5 heteroatoms. The Morgan fingerprint density at radius 3 is 2.71 bits per heavy atom. The number of rotatable bonds is 5. The van der Waals surface area contributed by atoms with Crippen LogP contribution in [0.3, 0.4) is 0 Å². The lowest BCUT2D eigenvalue weighted by Gasteiger charge is -2.15. The van der Waals surface area contributed by atoms with Crippen LogP contribution in [0.25, 0.3) is 0 Å². The van der Waals surface area contributed by atoms with Crippen molar-refractivity contribution >= 4 is 17.2 Å². The van der Waals surface area contributed by atoms with Crippen LogP contribution in [-0.2, 0) is 11.3 Å². The molecule has 0 aliphatic carbocycles. The lowest BCUT2D eigenvalue weighted by molar-refractivity contribution is -0.127. The van der Waals surface area contributed by atoms with Crippen molar-refractivity contribution in [3.8, 4) is 5.75 Å². The molecule has 0 fully saturated rings. The zero-order valence-corrected chi connectivity index (χ0v) is 13.6. The Kier molecular flexibility index (Phi) is 4.96. The van der Waals surface area contributed by atoms with Gasteiger partial charge in [-0.1, -0.05) is 6.07 Å². The number of nitrogens with zero attached hydrogens (tertiary/aromatic N) is 1. The number of hydrogen-bond acceptors (Lipinski definition) is 4. The van der Waals surface area contributed by atoms with E-state index in [4.69, 9.17) is 4.74 Å². The third-order valence-electron chi connectivity index (χ3n) is 3.27. The average molecular weight is 304 g/mol. The molecule has 112 valence electrons. The number of amides is 1. The highest BCUT2D eigenvalue weighted by atomic mass is 32.1. The van der Waals surface area contributed by atoms with E-state index >= 15 is 0 Å². The molecule has 0 spiro atoms. The van der Waals surface area contributed by atoms with Crippen LogP contribution in [0, 0.1) is 20.8 Å². The lowest BCUT2D eigenvalue weighted by atomic mass is 10.1. The number of carbonyl (C=O) groups is 1. The summed E-state index contributed by atoms with van der Waals surface area (Å²) in [7, 11) is 0. The summed E-state index contributed by atoms with van der Waals surface area (Å²) in [5, 5.41) is 5.79. The minimum atomic E-state index is -0.535. The maximum Gasteiger partial charge on any atom is 0.261 e. The number of hydrogen-bond donors (Lipinski definition) is 1. The summed E-state index contributed by atoms with van der Waals surface area (Å²) in [5.41, 5.74) is 3.24. The molecule has 21 heavy (non-hydrogen) atoms. The van der Waals surface area contributed by atoms with Crippen LogP contribution < -0.4 is 10.1 Å². The van der Waals surface area contributed by atoms with Crippen molar-refractivity contribution in [3.63, 3.8) is 0 Å². The molecule has 4 nitrogen and oxygen atoms in total. The van der Waals surface area contributed by atoms with Crippen molar-refractivity contribution in [2.75, 3.05) is 0 Å². The van der Waals surface area contributed by atoms with Crippen LogP contribution in [0.1, 0.15) is 28.8 Å². The molecule has 0 radical (unpaired) electrons. The number of aromatic nitrogens is 1. The first kappa shape index (κ1) is 15.5. The number of thiazole rings is 1. The molecule has 0 bridgehead atoms. The van der Waals surface area contributed by atoms with Gasteiger partial charge in [-0.15, -0.1) is 11.3 Å². The summed E-state index contributed by atoms with van der Waals surface area (Å²) >= 11 is 1.58. The fraction of sp³-hybridized carbons (Fsp3) is 0.375. The normalized spacial score (nSPS) is 12.0. The van der Waals surface area contributed by atoms with E-state index in [0.717, 1.165) is 16.3 Å². The Morgan fingerprint density at radius 2 is 2.10 bits per heavy atom. The summed E-state index contributed by atoms with van der Waals surface area (Å²) in [4.78, 5) is 16.3. The highest BCUT2D eigenvalue weighted by Crippen LogP contribution is 2.17. The Bertz CT molecular complexity index is 637. The van der Waals surface area contributed by atoms with Gasteiger partial charge in [0.05, 0.1) is 17.2 Å². The highest BCUT2D eigenvalue weighted by Gasteiger charge is 2.15. The molecule has 1 N–H and O–H groups in total. The fourth-order valence-corrected chi connectivity index (χ4v) is 2.47. The standard InChI is InChI=1S/C16H20N2O2S/c1-10-5-6-15(7-11(10)2)20-12(3)16(19)17-8-14-9-21-13(4)18-14/h5-7,9,12H,8H2,1-4H3,(H,17,19)/t12-/m0/s1. The Balaban J connectivity index is 1.88. The van der Waals surface area contributed by atoms with E-state index < -0.39 is 6.10 Å². The highest BCUT2D eigenvalue weighted by molar-refractivity contribution is 7.09. The number of aryl methyl sites for hydroxylation is 3. The van der Waals surface area contributed by atoms with Gasteiger partial charge in [-0.05, 0) is 51.0 Å². The minimum absolute atomic E-state index is 0.140. The van der Waals surface area contributed by atoms with Gasteiger partial charge in [0.15, 0.2) is 6.10 Å². The van der Waals surface area contributed by atoms with Gasteiger partial charge in [0.2, 0.25) is 0 Å². The minimum Gasteiger partial charge on any atom is -0.481 e. The molecule has 1 amide bonds. The Labute approximate surface area is 129 Å². The molecule has 0 saturated carbocycles. The van der Waals surface area contributed by atoms with E-state index in [-0.39, 0.29) is 5.91 Å². The summed E-state index contributed by atoms with van der Waals surface area (Å²) in [5.74, 6) is 0.573. The maximum absolute atomic E-state index is 12.0. The predicted molar refractivity (Wildman–Crippen MR) is 84.7 cm³/mol. The Hall–Kier alpha value is -1.88. The molecule has 0 aliphatic rings. The summed E-state index contributed by atoms with van der Waals surface area (Å²) in [6.45, 7) is 8.20. The molecular formula is C16H20N2O2S. The van der Waals surface area contributed by atoms with Gasteiger partial charge in [0.25, 0.3) is 5.91 Å². The third kappa shape index (κ3) is 4.29. The van der Waals surface area contributed by atoms with Gasteiger partial charge >= 0.3 is 0 Å². The van der Waals surface area contributed by atoms with E-state index in [9.17, 15) is 4.79 Å². The van der Waals surface area contributed by atoms with E-state index in [1.807, 2.05) is 44.4 Å². The molecule has 2 aromatic rings. The largest absolute Gasteiger partial charge is 0.481 e. The van der Waals surface area contributed by atoms with E-state index in [2.05, 4.69) is 10.3 Å². The van der Waals surface area contributed by atoms with Crippen LogP contribution in [0.15, 0.2) is 23.6 Å². The van der Waals surface area contributed by atoms with Gasteiger partial charge in [0, 0.05) is 5.38 Å². The molecule has 1 aromatic heterocycles. The smallest absolute Gasteiger partial charge is 0.261 e. The molecule has 0 saturated heterocycles. The first-order valence-corrected chi connectivity index (χ1v) is 7.76. The van der Waals surface area contributed by atoms with Crippen molar-refractivity contribution < 1.29 is 9.53 Å². The van der Waals surface area contributed by atoms with Crippen molar-refractivity contribution in [1.82, 2.24) is 10.3 Å². The fourth-order valence-electron chi connectivity index (χ4n) is 1.86. The maximum atomic E-state index is 12.0. The summed E-state index contributed by atoms with van der Waals surface area (Å²) in [6.07, 6.45) is -0.535. The monoisotopic (exact) mass is 304 g/mol. The second-order valence-corrected chi connectivity index (χ2v) is 6.14. The van der Waals surface area contributed by atoms with Crippen LogP contribution in [0.4, 0.5) is 0 Å². The van der Waals surface area contributed by atoms with Crippen LogP contribution in [0.2, 0.25) is 0 Å². The second-order valence-electron chi connectivity index (χ2n) is 5.08. The van der Waals surface area contributed by atoms with Crippen molar-refractivity contribution in [2.45, 2.75) is 40.3 Å². The lowest BCUT2D eigenvalue weighted by Crippen LogP contribution is -2.36. The first-order valence-electron chi connectivity index (χ1n) is 6.88. The van der Waals surface area contributed by atoms with Crippen LogP contribution in [-0.4, -0.2) is 17.0 Å². The van der Waals surface area contributed by atoms with Crippen molar-refractivity contribution in [2.24, 2.45) is 0 Å². The van der Waals surface area contributed by atoms with Crippen molar-refractivity contribution in [3.05, 3.63) is 45.4 Å². The summed E-state index contributed by atoms with van der Waals surface area (Å²) < 4.78 is 5.68. The summed E-state index contributed by atoms with van der Waals surface area (Å²) in [6, 6.07) is 5.83. The third-order valence-corrected chi connectivity index (χ3v) is 4.09. The van der Waals surface area contributed by atoms with Crippen LogP contribution in [0.5, 0.6) is 5.75 Å². The van der Waals surface area contributed by atoms with Gasteiger partial charge in [-0.25, -0.2) is 4.98 Å². The quantitative estimate of drug-likeness (QED) is 0.923. The molecule has 2 rings (SSSR count). The van der Waals surface area contributed by atoms with Gasteiger partial charge < -0.3 is 10.1 Å². The van der Waals surface area contributed by atoms with E-state index in [0.29, 0.717) is 12.3 Å². The Morgan fingerprint density at radius 1 is 1.33 bits per heavy atom. The predicted octanol–water partition coefficient (Wildman–Crippen LogP) is 3.15. The van der Waals surface area contributed by atoms with E-state index in [1.165, 1.54) is 5.56 Å². The molecule has 1 atom stereocenters. The zero-order chi connectivity index (χ0) is 15.4. The first-order chi connectivity index (χ1) is 9.95. The van der Waals surface area contributed by atoms with Gasteiger partial charge in [-0.2, -0.15) is 0 Å².